The molecule has 1 rings (SSSR count). The molecule has 3 nitrogen and oxygen atoms in total. The Balaban J connectivity index is 2.58. The van der Waals surface area contributed by atoms with E-state index in [1.165, 1.54) is 5.56 Å². The number of hydrogen-bond donors (Lipinski definition) is 1. The Morgan fingerprint density at radius 3 is 2.47 bits per heavy atom. The topological polar surface area (TPSA) is 44.5 Å². The molecule has 0 aromatic heterocycles. The molecule has 0 aliphatic carbocycles. The number of nitrogens with two attached hydrogens (primary N) is 1. The highest BCUT2D eigenvalue weighted by Gasteiger charge is 2.08. The van der Waals surface area contributed by atoms with Crippen LogP contribution in [-0.4, -0.2) is 19.3 Å². The first-order chi connectivity index (χ1) is 8.00. The highest BCUT2D eigenvalue weighted by Crippen LogP contribution is 2.24. The van der Waals surface area contributed by atoms with Crippen LogP contribution in [0, 0.1) is 6.92 Å². The van der Waals surface area contributed by atoms with Gasteiger partial charge in [-0.2, -0.15) is 0 Å². The molecule has 0 aliphatic rings. The SMILES string of the molecule is Cc1ccc(OCCOC(C)C)c([C@@H](C)N)c1. The van der Waals surface area contributed by atoms with Crippen molar-refractivity contribution in [1.29, 1.82) is 0 Å². The number of rotatable bonds is 6. The van der Waals surface area contributed by atoms with Crippen LogP contribution in [0.4, 0.5) is 0 Å². The summed E-state index contributed by atoms with van der Waals surface area (Å²) in [5.41, 5.74) is 8.17. The second-order valence-corrected chi connectivity index (χ2v) is 4.60. The lowest BCUT2D eigenvalue weighted by Gasteiger charge is -2.15. The van der Waals surface area contributed by atoms with E-state index in [9.17, 15) is 0 Å². The molecular formula is C14H23NO2. The van der Waals surface area contributed by atoms with Crippen molar-refractivity contribution in [2.45, 2.75) is 39.8 Å². The van der Waals surface area contributed by atoms with Crippen LogP contribution in [0.15, 0.2) is 18.2 Å². The predicted octanol–water partition coefficient (Wildman–Crippen LogP) is 2.82. The van der Waals surface area contributed by atoms with Crippen molar-refractivity contribution in [2.75, 3.05) is 13.2 Å². The number of ether oxygens (including phenoxy) is 2. The lowest BCUT2D eigenvalue weighted by molar-refractivity contribution is 0.0550. The Labute approximate surface area is 104 Å². The number of hydrogen-bond acceptors (Lipinski definition) is 3. The summed E-state index contributed by atoms with van der Waals surface area (Å²) in [6.07, 6.45) is 0.240. The van der Waals surface area contributed by atoms with Gasteiger partial charge in [0.2, 0.25) is 0 Å². The van der Waals surface area contributed by atoms with Crippen molar-refractivity contribution in [3.05, 3.63) is 29.3 Å². The van der Waals surface area contributed by atoms with Gasteiger partial charge in [-0.15, -0.1) is 0 Å². The van der Waals surface area contributed by atoms with Crippen LogP contribution >= 0.6 is 0 Å². The molecule has 0 bridgehead atoms. The fourth-order valence-corrected chi connectivity index (χ4v) is 1.59. The van der Waals surface area contributed by atoms with E-state index in [1.807, 2.05) is 32.9 Å². The first-order valence-electron chi connectivity index (χ1n) is 6.11. The Kier molecular flexibility index (Phi) is 5.45. The molecule has 1 atom stereocenters. The van der Waals surface area contributed by atoms with Crippen LogP contribution in [0.1, 0.15) is 37.9 Å². The molecule has 0 spiro atoms. The molecule has 1 aromatic rings. The fraction of sp³-hybridized carbons (Fsp3) is 0.571. The van der Waals surface area contributed by atoms with Gasteiger partial charge in [-0.25, -0.2) is 0 Å². The summed E-state index contributed by atoms with van der Waals surface area (Å²) >= 11 is 0. The van der Waals surface area contributed by atoms with Crippen molar-refractivity contribution in [1.82, 2.24) is 0 Å². The molecule has 0 fully saturated rings. The molecule has 1 aromatic carbocycles. The van der Waals surface area contributed by atoms with E-state index in [1.54, 1.807) is 0 Å². The van der Waals surface area contributed by atoms with E-state index in [2.05, 4.69) is 13.0 Å². The van der Waals surface area contributed by atoms with Crippen LogP contribution in [0.2, 0.25) is 0 Å². The first kappa shape index (κ1) is 14.0. The molecule has 0 saturated heterocycles. The van der Waals surface area contributed by atoms with E-state index in [4.69, 9.17) is 15.2 Å². The standard InChI is InChI=1S/C14H23NO2/c1-10(2)16-7-8-17-14-6-5-11(3)9-13(14)12(4)15/h5-6,9-10,12H,7-8,15H2,1-4H3/t12-/m1/s1. The van der Waals surface area contributed by atoms with Crippen LogP contribution in [0.5, 0.6) is 5.75 Å². The lowest BCUT2D eigenvalue weighted by atomic mass is 10.1. The Hall–Kier alpha value is -1.06. The van der Waals surface area contributed by atoms with E-state index >= 15 is 0 Å². The van der Waals surface area contributed by atoms with E-state index in [0.29, 0.717) is 13.2 Å². The van der Waals surface area contributed by atoms with Crippen molar-refractivity contribution in [2.24, 2.45) is 5.73 Å². The molecule has 2 N–H and O–H groups in total. The largest absolute Gasteiger partial charge is 0.491 e. The quantitative estimate of drug-likeness (QED) is 0.774. The minimum atomic E-state index is -0.0177. The Morgan fingerprint density at radius 1 is 1.18 bits per heavy atom. The zero-order chi connectivity index (χ0) is 12.8. The van der Waals surface area contributed by atoms with Gasteiger partial charge < -0.3 is 15.2 Å². The maximum absolute atomic E-state index is 5.92. The summed E-state index contributed by atoms with van der Waals surface area (Å²) in [6, 6.07) is 6.06. The van der Waals surface area contributed by atoms with Crippen molar-refractivity contribution in [3.8, 4) is 5.75 Å². The summed E-state index contributed by atoms with van der Waals surface area (Å²) in [6.45, 7) is 9.20. The molecule has 0 heterocycles. The van der Waals surface area contributed by atoms with Gasteiger partial charge in [0.15, 0.2) is 0 Å². The lowest BCUT2D eigenvalue weighted by Crippen LogP contribution is -2.13. The molecule has 17 heavy (non-hydrogen) atoms. The Morgan fingerprint density at radius 2 is 1.88 bits per heavy atom. The van der Waals surface area contributed by atoms with Gasteiger partial charge in [0, 0.05) is 11.6 Å². The van der Waals surface area contributed by atoms with Crippen molar-refractivity contribution < 1.29 is 9.47 Å². The predicted molar refractivity (Wildman–Crippen MR) is 70.4 cm³/mol. The summed E-state index contributed by atoms with van der Waals surface area (Å²) in [5.74, 6) is 0.859. The van der Waals surface area contributed by atoms with Gasteiger partial charge in [-0.3, -0.25) is 0 Å². The van der Waals surface area contributed by atoms with Gasteiger partial charge in [-0.05, 0) is 33.8 Å². The van der Waals surface area contributed by atoms with E-state index in [-0.39, 0.29) is 12.1 Å². The third-order valence-corrected chi connectivity index (χ3v) is 2.45. The molecule has 0 saturated carbocycles. The molecule has 3 heteroatoms. The van der Waals surface area contributed by atoms with Crippen LogP contribution < -0.4 is 10.5 Å². The average molecular weight is 237 g/mol. The van der Waals surface area contributed by atoms with Gasteiger partial charge in [-0.1, -0.05) is 17.7 Å². The van der Waals surface area contributed by atoms with Crippen LogP contribution in [0.3, 0.4) is 0 Å². The molecule has 0 amide bonds. The monoisotopic (exact) mass is 237 g/mol. The normalized spacial score (nSPS) is 12.8. The van der Waals surface area contributed by atoms with Crippen molar-refractivity contribution in [3.63, 3.8) is 0 Å². The maximum atomic E-state index is 5.92. The highest BCUT2D eigenvalue weighted by molar-refractivity contribution is 5.38. The maximum Gasteiger partial charge on any atom is 0.124 e. The average Bonchev–Trinajstić information content (AvgIpc) is 2.25. The smallest absolute Gasteiger partial charge is 0.124 e. The summed E-state index contributed by atoms with van der Waals surface area (Å²) < 4.78 is 11.1. The zero-order valence-electron chi connectivity index (χ0n) is 11.2. The van der Waals surface area contributed by atoms with E-state index in [0.717, 1.165) is 11.3 Å². The third kappa shape index (κ3) is 4.75. The van der Waals surface area contributed by atoms with Crippen LogP contribution in [0.25, 0.3) is 0 Å². The third-order valence-electron chi connectivity index (χ3n) is 2.45. The highest BCUT2D eigenvalue weighted by atomic mass is 16.5. The minimum Gasteiger partial charge on any atom is -0.491 e. The van der Waals surface area contributed by atoms with Gasteiger partial charge >= 0.3 is 0 Å². The second kappa shape index (κ2) is 6.62. The minimum absolute atomic E-state index is 0.0177. The zero-order valence-corrected chi connectivity index (χ0v) is 11.2. The van der Waals surface area contributed by atoms with Crippen molar-refractivity contribution >= 4 is 0 Å². The molecule has 0 aliphatic heterocycles. The summed E-state index contributed by atoms with van der Waals surface area (Å²) in [4.78, 5) is 0. The van der Waals surface area contributed by atoms with E-state index < -0.39 is 0 Å². The van der Waals surface area contributed by atoms with Gasteiger partial charge in [0.05, 0.1) is 12.7 Å². The first-order valence-corrected chi connectivity index (χ1v) is 6.11. The van der Waals surface area contributed by atoms with Gasteiger partial charge in [0.1, 0.15) is 12.4 Å². The molecule has 0 radical (unpaired) electrons. The summed E-state index contributed by atoms with van der Waals surface area (Å²) in [5, 5.41) is 0. The summed E-state index contributed by atoms with van der Waals surface area (Å²) in [7, 11) is 0. The molecule has 0 unspecified atom stereocenters. The fourth-order valence-electron chi connectivity index (χ4n) is 1.59. The molecule has 96 valence electrons. The van der Waals surface area contributed by atoms with Gasteiger partial charge in [0.25, 0.3) is 0 Å². The number of benzene rings is 1. The second-order valence-electron chi connectivity index (χ2n) is 4.60. The number of aryl methyl sites for hydroxylation is 1. The van der Waals surface area contributed by atoms with Crippen LogP contribution in [-0.2, 0) is 4.74 Å². The Bertz CT molecular complexity index is 348. The molecular weight excluding hydrogens is 214 g/mol.